The number of benzene rings is 5. The van der Waals surface area contributed by atoms with E-state index in [1.54, 1.807) is 0 Å². The zero-order chi connectivity index (χ0) is 32.3. The SMILES string of the molecule is CC(C)(C)c1ccnc(-n2c3[c-]c([Si](C)(C)c4[c-]c(N5[OH+]N(c6ccccc6)c6ccccc65)ccc4)ccc3c3ccccc32)c1.[Pt]. The third-order valence-corrected chi connectivity index (χ3v) is 12.6. The standard InChI is InChI=1S/C41H36N4OSi.Pt/c1-41(2,3)29-24-25-42-40(26-29)43-36-19-10-9-18-34(36)35-23-22-33(28-39(35)43)47(4,5)32-17-13-16-31(27-32)45-38-21-12-11-20-37(38)44(46-45)30-14-7-6-8-15-30;/h6-26H,1-5H3;/q-2;/p+1. The van der Waals surface area contributed by atoms with Crippen LogP contribution in [-0.2, 0) is 26.5 Å². The minimum atomic E-state index is -2.27. The van der Waals surface area contributed by atoms with E-state index in [9.17, 15) is 0 Å². The average molecular weight is 825 g/mol. The molecule has 0 unspecified atom stereocenters. The molecule has 0 saturated carbocycles. The largest absolute Gasteiger partial charge is 0.319 e. The van der Waals surface area contributed by atoms with Crippen LogP contribution in [0.15, 0.2) is 128 Å². The van der Waals surface area contributed by atoms with E-state index < -0.39 is 8.07 Å². The van der Waals surface area contributed by atoms with Crippen molar-refractivity contribution in [1.82, 2.24) is 9.55 Å². The third-order valence-electron chi connectivity index (χ3n) is 9.30. The van der Waals surface area contributed by atoms with Gasteiger partial charge in [-0.15, -0.1) is 16.5 Å². The predicted molar refractivity (Wildman–Crippen MR) is 197 cm³/mol. The van der Waals surface area contributed by atoms with E-state index in [-0.39, 0.29) is 26.5 Å². The van der Waals surface area contributed by atoms with Gasteiger partial charge < -0.3 is 4.57 Å². The summed E-state index contributed by atoms with van der Waals surface area (Å²) in [6.07, 6.45) is 1.93. The maximum Gasteiger partial charge on any atom is 0.148 e. The summed E-state index contributed by atoms with van der Waals surface area (Å²) >= 11 is 0. The van der Waals surface area contributed by atoms with Crippen LogP contribution in [0.3, 0.4) is 0 Å². The molecule has 7 aromatic rings. The number of pyridine rings is 1. The smallest absolute Gasteiger partial charge is 0.148 e. The van der Waals surface area contributed by atoms with Crippen LogP contribution in [0.5, 0.6) is 0 Å². The summed E-state index contributed by atoms with van der Waals surface area (Å²) in [7, 11) is -2.27. The molecule has 2 aromatic heterocycles. The molecule has 0 spiro atoms. The van der Waals surface area contributed by atoms with Crippen LogP contribution in [0.4, 0.5) is 22.7 Å². The molecule has 1 aliphatic heterocycles. The minimum absolute atomic E-state index is 0. The molecule has 0 radical (unpaired) electrons. The summed E-state index contributed by atoms with van der Waals surface area (Å²) in [5.74, 6) is 0.919. The number of hydrogen-bond acceptors (Lipinski definition) is 3. The van der Waals surface area contributed by atoms with Gasteiger partial charge in [-0.1, -0.05) is 93.0 Å². The summed E-state index contributed by atoms with van der Waals surface area (Å²) in [4.78, 5) is 9.94. The van der Waals surface area contributed by atoms with Gasteiger partial charge in [0, 0.05) is 38.5 Å². The first-order valence-corrected chi connectivity index (χ1v) is 19.1. The molecule has 0 atom stereocenters. The van der Waals surface area contributed by atoms with Crippen LogP contribution in [0.2, 0.25) is 13.1 Å². The van der Waals surface area contributed by atoms with E-state index in [0.29, 0.717) is 0 Å². The van der Waals surface area contributed by atoms with Gasteiger partial charge in [-0.25, -0.2) is 4.98 Å². The fourth-order valence-electron chi connectivity index (χ4n) is 6.54. The van der Waals surface area contributed by atoms with E-state index in [1.807, 2.05) is 34.5 Å². The van der Waals surface area contributed by atoms with Crippen molar-refractivity contribution in [2.75, 3.05) is 10.1 Å². The molecule has 1 aliphatic rings. The quantitative estimate of drug-likeness (QED) is 0.0989. The number of rotatable bonds is 5. The summed E-state index contributed by atoms with van der Waals surface area (Å²) in [6, 6.07) is 50.3. The van der Waals surface area contributed by atoms with E-state index in [2.05, 4.69) is 154 Å². The zero-order valence-corrected chi connectivity index (χ0v) is 30.9. The van der Waals surface area contributed by atoms with Crippen molar-refractivity contribution in [2.45, 2.75) is 39.3 Å². The van der Waals surface area contributed by atoms with Gasteiger partial charge in [0.2, 0.25) is 0 Å². The molecule has 0 bridgehead atoms. The number of aromatic nitrogens is 2. The van der Waals surface area contributed by atoms with E-state index in [4.69, 9.17) is 9.92 Å². The molecular weight excluding hydrogens is 788 g/mol. The summed E-state index contributed by atoms with van der Waals surface area (Å²) < 4.78 is 2.28. The first-order chi connectivity index (χ1) is 22.7. The number of hydrogen-bond donors (Lipinski definition) is 0. The van der Waals surface area contributed by atoms with Gasteiger partial charge in [0.25, 0.3) is 0 Å². The fraction of sp³-hybridized carbons (Fsp3) is 0.146. The molecule has 0 aliphatic carbocycles. The van der Waals surface area contributed by atoms with Gasteiger partial charge in [0.15, 0.2) is 0 Å². The average Bonchev–Trinajstić information content (AvgIpc) is 3.65. The topological polar surface area (TPSA) is 37.1 Å². The van der Waals surface area contributed by atoms with Crippen LogP contribution in [0, 0.1) is 12.1 Å². The Morgan fingerprint density at radius 2 is 1.35 bits per heavy atom. The summed E-state index contributed by atoms with van der Waals surface area (Å²) in [5.41, 5.74) is 7.49. The predicted octanol–water partition coefficient (Wildman–Crippen LogP) is 9.03. The van der Waals surface area contributed by atoms with Gasteiger partial charge in [-0.3, -0.25) is 0 Å². The second-order valence-corrected chi connectivity index (χ2v) is 18.1. The van der Waals surface area contributed by atoms with E-state index in [0.717, 1.165) is 39.6 Å². The summed E-state index contributed by atoms with van der Waals surface area (Å²) in [6.45, 7) is 11.5. The molecule has 48 heavy (non-hydrogen) atoms. The molecule has 1 N–H and O–H groups in total. The molecule has 8 rings (SSSR count). The molecule has 0 amide bonds. The Morgan fingerprint density at radius 3 is 2.12 bits per heavy atom. The Balaban J connectivity index is 0.00000364. The second-order valence-electron chi connectivity index (χ2n) is 13.8. The first-order valence-electron chi connectivity index (χ1n) is 16.1. The number of para-hydroxylation sites is 4. The molecule has 7 heteroatoms. The van der Waals surface area contributed by atoms with E-state index >= 15 is 0 Å². The normalized spacial score (nSPS) is 13.2. The molecule has 5 nitrogen and oxygen atoms in total. The van der Waals surface area contributed by atoms with Crippen molar-refractivity contribution in [3.05, 3.63) is 145 Å². The third kappa shape index (κ3) is 5.38. The Hall–Kier alpha value is -4.48. The van der Waals surface area contributed by atoms with Gasteiger partial charge >= 0.3 is 0 Å². The van der Waals surface area contributed by atoms with Crippen molar-refractivity contribution in [3.63, 3.8) is 0 Å². The van der Waals surface area contributed by atoms with Gasteiger partial charge in [-0.05, 0) is 58.8 Å². The molecule has 5 aromatic carbocycles. The van der Waals surface area contributed by atoms with Crippen LogP contribution in [0.1, 0.15) is 26.3 Å². The molecular formula is C41H37N4OPtSi-. The van der Waals surface area contributed by atoms with Gasteiger partial charge in [0.05, 0.1) is 8.07 Å². The Bertz CT molecular complexity index is 2280. The van der Waals surface area contributed by atoms with Crippen molar-refractivity contribution in [2.24, 2.45) is 0 Å². The molecule has 0 fully saturated rings. The van der Waals surface area contributed by atoms with Gasteiger partial charge in [0.1, 0.15) is 22.9 Å². The van der Waals surface area contributed by atoms with E-state index in [1.165, 1.54) is 26.7 Å². The second kappa shape index (κ2) is 12.2. The Morgan fingerprint density at radius 1 is 0.667 bits per heavy atom. The fourth-order valence-corrected chi connectivity index (χ4v) is 8.71. The number of nitrogens with zero attached hydrogens (tertiary/aromatic N) is 4. The van der Waals surface area contributed by atoms with Gasteiger partial charge in [-0.2, -0.15) is 51.7 Å². The van der Waals surface area contributed by atoms with Crippen LogP contribution in [0.25, 0.3) is 27.6 Å². The number of fused-ring (bicyclic) bond motifs is 4. The van der Waals surface area contributed by atoms with Crippen LogP contribution in [-0.4, -0.2) is 22.6 Å². The molecule has 0 saturated heterocycles. The summed E-state index contributed by atoms with van der Waals surface area (Å²) in [5, 5.41) is 8.82. The first kappa shape index (κ1) is 32.1. The minimum Gasteiger partial charge on any atom is -0.319 e. The maximum atomic E-state index is 5.06. The van der Waals surface area contributed by atoms with Crippen LogP contribution >= 0.6 is 0 Å². The van der Waals surface area contributed by atoms with Crippen LogP contribution < -0.4 is 20.5 Å². The zero-order valence-electron chi connectivity index (χ0n) is 27.7. The van der Waals surface area contributed by atoms with Crippen molar-refractivity contribution in [1.29, 1.82) is 0 Å². The Labute approximate surface area is 297 Å². The maximum absolute atomic E-state index is 5.06. The molecule has 242 valence electrons. The molecule has 3 heterocycles. The Kier molecular flexibility index (Phi) is 8.15. The van der Waals surface area contributed by atoms with Crippen molar-refractivity contribution >= 4 is 63.0 Å². The monoisotopic (exact) mass is 824 g/mol. The van der Waals surface area contributed by atoms with Crippen molar-refractivity contribution in [3.8, 4) is 5.82 Å². The van der Waals surface area contributed by atoms with Crippen molar-refractivity contribution < 1.29 is 26.0 Å². The number of anilines is 4.